The highest BCUT2D eigenvalue weighted by Gasteiger charge is 2.04. The average Bonchev–Trinajstić information content (AvgIpc) is 2.45. The molecule has 0 amide bonds. The normalized spacial score (nSPS) is 10.7. The fourth-order valence-corrected chi connectivity index (χ4v) is 2.73. The largest absolute Gasteiger partial charge is 0.140 e. The predicted molar refractivity (Wildman–Crippen MR) is 65.2 cm³/mol. The van der Waals surface area contributed by atoms with Crippen molar-refractivity contribution in [2.75, 3.05) is 0 Å². The van der Waals surface area contributed by atoms with Gasteiger partial charge in [-0.25, -0.2) is 0 Å². The molecule has 0 saturated heterocycles. The standard InChI is InChI=1S/C13H14S/c1-4-5-11-6-7-13-12(8-11)9(2)10(3)14-13/h4,6-8H,1,5H2,2-3H3. The Morgan fingerprint density at radius 1 is 1.36 bits per heavy atom. The maximum atomic E-state index is 3.77. The molecular weight excluding hydrogens is 188 g/mol. The summed E-state index contributed by atoms with van der Waals surface area (Å²) in [6.07, 6.45) is 2.92. The summed E-state index contributed by atoms with van der Waals surface area (Å²) in [5.74, 6) is 0. The van der Waals surface area contributed by atoms with E-state index in [0.29, 0.717) is 0 Å². The summed E-state index contributed by atoms with van der Waals surface area (Å²) in [5, 5.41) is 1.41. The number of fused-ring (bicyclic) bond motifs is 1. The van der Waals surface area contributed by atoms with Crippen LogP contribution in [0.4, 0.5) is 0 Å². The van der Waals surface area contributed by atoms with E-state index < -0.39 is 0 Å². The molecule has 0 atom stereocenters. The lowest BCUT2D eigenvalue weighted by Crippen LogP contribution is -1.79. The van der Waals surface area contributed by atoms with Crippen LogP contribution in [0.3, 0.4) is 0 Å². The molecule has 1 aromatic heterocycles. The van der Waals surface area contributed by atoms with Gasteiger partial charge in [-0.2, -0.15) is 0 Å². The molecule has 0 radical (unpaired) electrons. The van der Waals surface area contributed by atoms with E-state index in [1.807, 2.05) is 17.4 Å². The minimum Gasteiger partial charge on any atom is -0.140 e. The Morgan fingerprint density at radius 2 is 2.14 bits per heavy atom. The summed E-state index contributed by atoms with van der Waals surface area (Å²) in [6.45, 7) is 8.15. The molecule has 72 valence electrons. The van der Waals surface area contributed by atoms with Gasteiger partial charge in [0.2, 0.25) is 0 Å². The van der Waals surface area contributed by atoms with Crippen LogP contribution in [0.1, 0.15) is 16.0 Å². The third kappa shape index (κ3) is 1.48. The van der Waals surface area contributed by atoms with Crippen molar-refractivity contribution in [2.45, 2.75) is 20.3 Å². The molecule has 0 aliphatic carbocycles. The van der Waals surface area contributed by atoms with Crippen LogP contribution in [0, 0.1) is 13.8 Å². The zero-order valence-electron chi connectivity index (χ0n) is 8.63. The number of hydrogen-bond acceptors (Lipinski definition) is 1. The molecule has 0 bridgehead atoms. The van der Waals surface area contributed by atoms with Gasteiger partial charge in [-0.1, -0.05) is 12.1 Å². The van der Waals surface area contributed by atoms with Crippen LogP contribution >= 0.6 is 11.3 Å². The molecule has 1 heterocycles. The number of aryl methyl sites for hydroxylation is 2. The number of rotatable bonds is 2. The summed E-state index contributed by atoms with van der Waals surface area (Å²) in [6, 6.07) is 6.70. The van der Waals surface area contributed by atoms with E-state index in [1.165, 1.54) is 26.1 Å². The molecule has 2 aromatic rings. The van der Waals surface area contributed by atoms with Crippen molar-refractivity contribution in [2.24, 2.45) is 0 Å². The van der Waals surface area contributed by atoms with Crippen LogP contribution in [-0.4, -0.2) is 0 Å². The van der Waals surface area contributed by atoms with Crippen LogP contribution in [0.2, 0.25) is 0 Å². The maximum absolute atomic E-state index is 3.77. The van der Waals surface area contributed by atoms with Crippen molar-refractivity contribution in [1.29, 1.82) is 0 Å². The third-order valence-corrected chi connectivity index (χ3v) is 3.81. The molecule has 1 heteroatoms. The smallest absolute Gasteiger partial charge is 0.0348 e. The van der Waals surface area contributed by atoms with E-state index in [1.54, 1.807) is 0 Å². The molecule has 14 heavy (non-hydrogen) atoms. The van der Waals surface area contributed by atoms with E-state index >= 15 is 0 Å². The lowest BCUT2D eigenvalue weighted by molar-refractivity contribution is 1.29. The highest BCUT2D eigenvalue weighted by Crippen LogP contribution is 2.30. The second-order valence-electron chi connectivity index (χ2n) is 3.61. The van der Waals surface area contributed by atoms with E-state index in [9.17, 15) is 0 Å². The Balaban J connectivity index is 2.63. The van der Waals surface area contributed by atoms with Crippen molar-refractivity contribution in [3.8, 4) is 0 Å². The van der Waals surface area contributed by atoms with Gasteiger partial charge >= 0.3 is 0 Å². The van der Waals surface area contributed by atoms with E-state index in [-0.39, 0.29) is 0 Å². The molecule has 0 spiro atoms. The molecule has 2 rings (SSSR count). The van der Waals surface area contributed by atoms with Crippen molar-refractivity contribution >= 4 is 21.4 Å². The second kappa shape index (κ2) is 3.58. The first kappa shape index (κ1) is 9.47. The van der Waals surface area contributed by atoms with Crippen LogP contribution < -0.4 is 0 Å². The third-order valence-electron chi connectivity index (χ3n) is 2.62. The van der Waals surface area contributed by atoms with Gasteiger partial charge in [-0.05, 0) is 48.9 Å². The molecule has 0 saturated carbocycles. The highest BCUT2D eigenvalue weighted by molar-refractivity contribution is 7.19. The first-order chi connectivity index (χ1) is 6.72. The monoisotopic (exact) mass is 202 g/mol. The Morgan fingerprint density at radius 3 is 2.86 bits per heavy atom. The number of hydrogen-bond donors (Lipinski definition) is 0. The lowest BCUT2D eigenvalue weighted by atomic mass is 10.1. The molecule has 0 aliphatic rings. The van der Waals surface area contributed by atoms with Gasteiger partial charge in [0.25, 0.3) is 0 Å². The Hall–Kier alpha value is -1.08. The van der Waals surface area contributed by atoms with Crippen LogP contribution in [-0.2, 0) is 6.42 Å². The molecule has 0 aliphatic heterocycles. The van der Waals surface area contributed by atoms with Crippen LogP contribution in [0.25, 0.3) is 10.1 Å². The SMILES string of the molecule is C=CCc1ccc2sc(C)c(C)c2c1. The quantitative estimate of drug-likeness (QED) is 0.639. The van der Waals surface area contributed by atoms with Gasteiger partial charge < -0.3 is 0 Å². The molecule has 0 fully saturated rings. The predicted octanol–water partition coefficient (Wildman–Crippen LogP) is 4.25. The Bertz CT molecular complexity index is 477. The topological polar surface area (TPSA) is 0 Å². The molecule has 0 nitrogen and oxygen atoms in total. The first-order valence-electron chi connectivity index (χ1n) is 4.82. The van der Waals surface area contributed by atoms with Crippen molar-refractivity contribution in [3.05, 3.63) is 46.9 Å². The van der Waals surface area contributed by atoms with Crippen molar-refractivity contribution in [3.63, 3.8) is 0 Å². The minimum absolute atomic E-state index is 0.963. The lowest BCUT2D eigenvalue weighted by Gasteiger charge is -1.97. The molecular formula is C13H14S. The van der Waals surface area contributed by atoms with Crippen LogP contribution in [0.15, 0.2) is 30.9 Å². The Kier molecular flexibility index (Phi) is 2.42. The minimum atomic E-state index is 0.963. The fourth-order valence-electron chi connectivity index (χ4n) is 1.68. The van der Waals surface area contributed by atoms with Crippen LogP contribution in [0.5, 0.6) is 0 Å². The molecule has 1 aromatic carbocycles. The number of thiophene rings is 1. The molecule has 0 unspecified atom stereocenters. The summed E-state index contributed by atoms with van der Waals surface area (Å²) < 4.78 is 1.40. The van der Waals surface area contributed by atoms with Gasteiger partial charge in [-0.15, -0.1) is 17.9 Å². The van der Waals surface area contributed by atoms with Gasteiger partial charge in [0.1, 0.15) is 0 Å². The van der Waals surface area contributed by atoms with Gasteiger partial charge in [0.15, 0.2) is 0 Å². The van der Waals surface area contributed by atoms with Crippen molar-refractivity contribution in [1.82, 2.24) is 0 Å². The summed E-state index contributed by atoms with van der Waals surface area (Å²) in [4.78, 5) is 1.43. The van der Waals surface area contributed by atoms with Gasteiger partial charge in [0.05, 0.1) is 0 Å². The summed E-state index contributed by atoms with van der Waals surface area (Å²) in [7, 11) is 0. The zero-order valence-corrected chi connectivity index (χ0v) is 9.45. The second-order valence-corrected chi connectivity index (χ2v) is 4.86. The Labute approximate surface area is 88.9 Å². The zero-order chi connectivity index (χ0) is 10.1. The maximum Gasteiger partial charge on any atom is 0.0348 e. The number of allylic oxidation sites excluding steroid dienone is 1. The van der Waals surface area contributed by atoms with Gasteiger partial charge in [-0.3, -0.25) is 0 Å². The average molecular weight is 202 g/mol. The van der Waals surface area contributed by atoms with Gasteiger partial charge in [0, 0.05) is 9.58 Å². The van der Waals surface area contributed by atoms with E-state index in [0.717, 1.165) is 6.42 Å². The fraction of sp³-hybridized carbons (Fsp3) is 0.231. The van der Waals surface area contributed by atoms with Crippen molar-refractivity contribution < 1.29 is 0 Å². The molecule has 0 N–H and O–H groups in total. The summed E-state index contributed by atoms with van der Waals surface area (Å²) >= 11 is 1.88. The van der Waals surface area contributed by atoms with E-state index in [2.05, 4.69) is 38.6 Å². The summed E-state index contributed by atoms with van der Waals surface area (Å²) in [5.41, 5.74) is 2.78. The highest BCUT2D eigenvalue weighted by atomic mass is 32.1. The van der Waals surface area contributed by atoms with E-state index in [4.69, 9.17) is 0 Å². The number of benzene rings is 1. The first-order valence-corrected chi connectivity index (χ1v) is 5.63.